The Morgan fingerprint density at radius 3 is 2.43 bits per heavy atom. The molecule has 2 aromatic heterocycles. The molecule has 0 saturated heterocycles. The highest BCUT2D eigenvalue weighted by atomic mass is 19.4. The second-order valence-electron chi connectivity index (χ2n) is 9.36. The molecule has 5 nitrogen and oxygen atoms in total. The maximum atomic E-state index is 14.2. The van der Waals surface area contributed by atoms with E-state index in [2.05, 4.69) is 15.3 Å². The first kappa shape index (κ1) is 24.5. The molecule has 1 unspecified atom stereocenters. The van der Waals surface area contributed by atoms with Gasteiger partial charge in [0.15, 0.2) is 11.0 Å². The van der Waals surface area contributed by atoms with Gasteiger partial charge in [-0.3, -0.25) is 9.78 Å². The number of aromatic nitrogens is 2. The first-order valence-corrected chi connectivity index (χ1v) is 11.1. The summed E-state index contributed by atoms with van der Waals surface area (Å²) in [6.45, 7) is 2.52. The van der Waals surface area contributed by atoms with E-state index >= 15 is 0 Å². The molecule has 0 aliphatic carbocycles. The molecule has 0 spiro atoms. The van der Waals surface area contributed by atoms with Crippen molar-refractivity contribution in [2.75, 3.05) is 11.9 Å². The Bertz CT molecular complexity index is 1380. The Labute approximate surface area is 200 Å². The number of nitrogens with zero attached hydrogens (tertiary/aromatic N) is 1. The van der Waals surface area contributed by atoms with Gasteiger partial charge in [0, 0.05) is 23.8 Å². The summed E-state index contributed by atoms with van der Waals surface area (Å²) in [5.74, 6) is 0.104. The fourth-order valence-corrected chi connectivity index (χ4v) is 4.28. The van der Waals surface area contributed by atoms with Crippen molar-refractivity contribution in [3.05, 3.63) is 94.9 Å². The molecule has 0 fully saturated rings. The third kappa shape index (κ3) is 5.22. The van der Waals surface area contributed by atoms with Gasteiger partial charge in [-0.1, -0.05) is 56.3 Å². The lowest BCUT2D eigenvalue weighted by Crippen LogP contribution is -2.53. The van der Waals surface area contributed by atoms with Gasteiger partial charge in [0.05, 0.1) is 12.1 Å². The standard InChI is InChI=1S/C27H26F3N3O2/c1-25(2,20-9-5-7-18(13-20)19-8-6-12-31-15-19)16-26(35,27(28,29)30)17-32-24-14-23(34)21-10-3-4-11-22(21)33-24/h3-15,35H,16-17H2,1-2H3,(H2,32,33,34). The number of benzene rings is 2. The van der Waals surface area contributed by atoms with Gasteiger partial charge in [0.2, 0.25) is 0 Å². The minimum absolute atomic E-state index is 0.104. The van der Waals surface area contributed by atoms with Crippen molar-refractivity contribution < 1.29 is 18.3 Å². The molecule has 0 saturated carbocycles. The van der Waals surface area contributed by atoms with E-state index in [0.717, 1.165) is 11.1 Å². The number of anilines is 1. The van der Waals surface area contributed by atoms with Crippen molar-refractivity contribution in [1.82, 2.24) is 9.97 Å². The van der Waals surface area contributed by atoms with Crippen LogP contribution in [0, 0.1) is 0 Å². The summed E-state index contributed by atoms with van der Waals surface area (Å²) in [7, 11) is 0. The van der Waals surface area contributed by atoms with E-state index in [4.69, 9.17) is 0 Å². The van der Waals surface area contributed by atoms with Crippen molar-refractivity contribution in [3.8, 4) is 11.1 Å². The summed E-state index contributed by atoms with van der Waals surface area (Å²) in [4.78, 5) is 19.4. The molecule has 35 heavy (non-hydrogen) atoms. The average molecular weight is 482 g/mol. The minimum atomic E-state index is -4.91. The largest absolute Gasteiger partial charge is 0.418 e. The topological polar surface area (TPSA) is 78.0 Å². The number of nitrogens with one attached hydrogen (secondary N) is 2. The lowest BCUT2D eigenvalue weighted by Gasteiger charge is -2.38. The van der Waals surface area contributed by atoms with Crippen LogP contribution in [0.2, 0.25) is 0 Å². The Kier molecular flexibility index (Phi) is 6.42. The molecule has 182 valence electrons. The predicted molar refractivity (Wildman–Crippen MR) is 131 cm³/mol. The Balaban J connectivity index is 1.60. The summed E-state index contributed by atoms with van der Waals surface area (Å²) in [5.41, 5.74) is -1.59. The minimum Gasteiger partial charge on any atom is -0.379 e. The van der Waals surface area contributed by atoms with E-state index in [1.807, 2.05) is 18.2 Å². The lowest BCUT2D eigenvalue weighted by atomic mass is 9.74. The van der Waals surface area contributed by atoms with Crippen LogP contribution in [-0.2, 0) is 5.41 Å². The summed E-state index contributed by atoms with van der Waals surface area (Å²) >= 11 is 0. The van der Waals surface area contributed by atoms with Crippen molar-refractivity contribution in [2.24, 2.45) is 0 Å². The van der Waals surface area contributed by atoms with Gasteiger partial charge < -0.3 is 15.4 Å². The van der Waals surface area contributed by atoms with Crippen LogP contribution in [-0.4, -0.2) is 33.4 Å². The number of H-pyrrole nitrogens is 1. The molecule has 0 amide bonds. The van der Waals surface area contributed by atoms with Crippen molar-refractivity contribution >= 4 is 16.7 Å². The highest BCUT2D eigenvalue weighted by Crippen LogP contribution is 2.42. The number of halogens is 3. The van der Waals surface area contributed by atoms with Gasteiger partial charge >= 0.3 is 6.18 Å². The van der Waals surface area contributed by atoms with Crippen LogP contribution in [0.5, 0.6) is 0 Å². The highest BCUT2D eigenvalue weighted by molar-refractivity contribution is 5.79. The van der Waals surface area contributed by atoms with Crippen LogP contribution in [0.15, 0.2) is 83.9 Å². The highest BCUT2D eigenvalue weighted by Gasteiger charge is 2.55. The number of rotatable bonds is 7. The second kappa shape index (κ2) is 9.19. The first-order valence-electron chi connectivity index (χ1n) is 11.1. The molecule has 0 radical (unpaired) electrons. The number of para-hydroxylation sites is 1. The fourth-order valence-electron chi connectivity index (χ4n) is 4.28. The van der Waals surface area contributed by atoms with Crippen LogP contribution in [0.4, 0.5) is 19.0 Å². The molecule has 0 aliphatic heterocycles. The quantitative estimate of drug-likeness (QED) is 0.318. The Hall–Kier alpha value is -3.65. The van der Waals surface area contributed by atoms with E-state index < -0.39 is 30.2 Å². The number of alkyl halides is 3. The smallest absolute Gasteiger partial charge is 0.379 e. The molecule has 4 aromatic rings. The maximum absolute atomic E-state index is 14.2. The SMILES string of the molecule is CC(C)(CC(O)(CNc1cc(=O)c2ccccc2[nH]1)C(F)(F)F)c1cccc(-c2cccnc2)c1. The molecule has 1 atom stereocenters. The van der Waals surface area contributed by atoms with Gasteiger partial charge in [-0.2, -0.15) is 13.2 Å². The number of pyridine rings is 2. The molecular formula is C27H26F3N3O2. The van der Waals surface area contributed by atoms with E-state index in [9.17, 15) is 23.1 Å². The maximum Gasteiger partial charge on any atom is 0.418 e. The van der Waals surface area contributed by atoms with Gasteiger partial charge in [-0.15, -0.1) is 0 Å². The normalized spacial score (nSPS) is 14.0. The van der Waals surface area contributed by atoms with Crippen LogP contribution < -0.4 is 10.7 Å². The number of hydrogen-bond donors (Lipinski definition) is 3. The second-order valence-corrected chi connectivity index (χ2v) is 9.36. The third-order valence-electron chi connectivity index (χ3n) is 6.21. The molecule has 2 aromatic carbocycles. The number of hydrogen-bond acceptors (Lipinski definition) is 4. The van der Waals surface area contributed by atoms with Crippen LogP contribution in [0.3, 0.4) is 0 Å². The van der Waals surface area contributed by atoms with Crippen LogP contribution >= 0.6 is 0 Å². The molecule has 0 aliphatic rings. The zero-order chi connectivity index (χ0) is 25.3. The molecule has 0 bridgehead atoms. The number of aliphatic hydroxyl groups is 1. The van der Waals surface area contributed by atoms with E-state index in [0.29, 0.717) is 16.5 Å². The van der Waals surface area contributed by atoms with Gasteiger partial charge in [-0.25, -0.2) is 0 Å². The van der Waals surface area contributed by atoms with Gasteiger partial charge in [-0.05, 0) is 46.7 Å². The van der Waals surface area contributed by atoms with Gasteiger partial charge in [0.25, 0.3) is 0 Å². The number of fused-ring (bicyclic) bond motifs is 1. The summed E-state index contributed by atoms with van der Waals surface area (Å²) < 4.78 is 42.5. The lowest BCUT2D eigenvalue weighted by molar-refractivity contribution is -0.260. The number of aromatic amines is 1. The average Bonchev–Trinajstić information content (AvgIpc) is 2.82. The Morgan fingerprint density at radius 2 is 1.71 bits per heavy atom. The zero-order valence-electron chi connectivity index (χ0n) is 19.4. The van der Waals surface area contributed by atoms with E-state index in [1.54, 1.807) is 68.7 Å². The predicted octanol–water partition coefficient (Wildman–Crippen LogP) is 5.66. The van der Waals surface area contributed by atoms with Crippen LogP contribution in [0.1, 0.15) is 25.8 Å². The zero-order valence-corrected chi connectivity index (χ0v) is 19.4. The molecule has 8 heteroatoms. The fraction of sp³-hybridized carbons (Fsp3) is 0.259. The summed E-state index contributed by atoms with van der Waals surface area (Å²) in [6.07, 6.45) is -2.16. The van der Waals surface area contributed by atoms with E-state index in [-0.39, 0.29) is 11.2 Å². The first-order chi connectivity index (χ1) is 16.5. The summed E-state index contributed by atoms with van der Waals surface area (Å²) in [6, 6.07) is 18.8. The van der Waals surface area contributed by atoms with E-state index in [1.165, 1.54) is 6.07 Å². The van der Waals surface area contributed by atoms with Crippen LogP contribution in [0.25, 0.3) is 22.0 Å². The molecule has 4 rings (SSSR count). The molecular weight excluding hydrogens is 455 g/mol. The Morgan fingerprint density at radius 1 is 0.971 bits per heavy atom. The van der Waals surface area contributed by atoms with Crippen molar-refractivity contribution in [2.45, 2.75) is 37.5 Å². The van der Waals surface area contributed by atoms with Crippen molar-refractivity contribution in [1.29, 1.82) is 0 Å². The summed E-state index contributed by atoms with van der Waals surface area (Å²) in [5, 5.41) is 13.9. The monoisotopic (exact) mass is 481 g/mol. The molecule has 2 heterocycles. The molecule has 3 N–H and O–H groups in total. The van der Waals surface area contributed by atoms with Crippen molar-refractivity contribution in [3.63, 3.8) is 0 Å². The third-order valence-corrected chi connectivity index (χ3v) is 6.21. The van der Waals surface area contributed by atoms with Gasteiger partial charge in [0.1, 0.15) is 5.82 Å².